The highest BCUT2D eigenvalue weighted by Crippen LogP contribution is 2.23. The number of para-hydroxylation sites is 1. The lowest BCUT2D eigenvalue weighted by atomic mass is 10.0. The molecule has 0 radical (unpaired) electrons. The number of carbonyl (C=O) groups is 5. The van der Waals surface area contributed by atoms with Gasteiger partial charge in [-0.15, -0.1) is 0 Å². The Morgan fingerprint density at radius 1 is 1.04 bits per heavy atom. The number of nitrogens with zero attached hydrogens (tertiary/aromatic N) is 2. The van der Waals surface area contributed by atoms with Crippen molar-refractivity contribution in [3.63, 3.8) is 0 Å². The predicted molar refractivity (Wildman–Crippen MR) is 174 cm³/mol. The summed E-state index contributed by atoms with van der Waals surface area (Å²) in [5, 5.41) is 17.3. The van der Waals surface area contributed by atoms with Crippen molar-refractivity contribution in [2.45, 2.75) is 68.8 Å². The molecule has 0 spiro atoms. The first kappa shape index (κ1) is 35.6. The van der Waals surface area contributed by atoms with E-state index in [9.17, 15) is 32.4 Å². The average molecular weight is 683 g/mol. The van der Waals surface area contributed by atoms with Crippen LogP contribution in [0.1, 0.15) is 37.8 Å². The van der Waals surface area contributed by atoms with Crippen molar-refractivity contribution in [1.82, 2.24) is 25.8 Å². The van der Waals surface area contributed by atoms with Gasteiger partial charge < -0.3 is 36.4 Å². The molecular weight excluding hydrogens is 644 g/mol. The fraction of sp³-hybridized carbons (Fsp3) is 0.355. The summed E-state index contributed by atoms with van der Waals surface area (Å²) in [5.74, 6) is -3.13. The van der Waals surface area contributed by atoms with Gasteiger partial charge in [-0.2, -0.15) is 0 Å². The largest absolute Gasteiger partial charge is 0.391 e. The van der Waals surface area contributed by atoms with Crippen molar-refractivity contribution in [2.75, 3.05) is 6.54 Å². The van der Waals surface area contributed by atoms with Crippen molar-refractivity contribution in [2.24, 2.45) is 16.0 Å². The zero-order chi connectivity index (χ0) is 35.0. The van der Waals surface area contributed by atoms with Crippen LogP contribution >= 0.6 is 0 Å². The van der Waals surface area contributed by atoms with Gasteiger partial charge in [0.2, 0.25) is 33.7 Å². The molecular formula is C31H38N8O8S. The summed E-state index contributed by atoms with van der Waals surface area (Å²) in [5.41, 5.74) is 7.37. The Balaban J connectivity index is 1.45. The van der Waals surface area contributed by atoms with Crippen LogP contribution < -0.4 is 26.8 Å². The number of sulfonamides is 1. The quantitative estimate of drug-likeness (QED) is 0.0956. The van der Waals surface area contributed by atoms with Crippen LogP contribution in [0.4, 0.5) is 0 Å². The Kier molecular flexibility index (Phi) is 11.5. The summed E-state index contributed by atoms with van der Waals surface area (Å²) < 4.78 is 22.9. The number of amides is 5. The van der Waals surface area contributed by atoms with E-state index in [1.807, 2.05) is 24.3 Å². The lowest BCUT2D eigenvalue weighted by Crippen LogP contribution is -2.57. The number of rotatable bonds is 14. The third-order valence-electron chi connectivity index (χ3n) is 7.82. The van der Waals surface area contributed by atoms with Crippen LogP contribution in [-0.4, -0.2) is 84.8 Å². The molecule has 256 valence electrons. The van der Waals surface area contributed by atoms with Crippen molar-refractivity contribution in [3.05, 3.63) is 65.9 Å². The second kappa shape index (κ2) is 15.5. The number of hydrogen-bond donors (Lipinski definition) is 6. The Morgan fingerprint density at radius 2 is 1.75 bits per heavy atom. The molecule has 16 nitrogen and oxygen atoms in total. The van der Waals surface area contributed by atoms with Crippen LogP contribution in [0.5, 0.6) is 0 Å². The summed E-state index contributed by atoms with van der Waals surface area (Å²) in [6, 6.07) is 9.14. The van der Waals surface area contributed by atoms with E-state index in [0.29, 0.717) is 18.4 Å². The first-order valence-corrected chi connectivity index (χ1v) is 16.6. The number of aromatic amines is 1. The zero-order valence-electron chi connectivity index (χ0n) is 26.3. The molecule has 1 aliphatic heterocycles. The Labute approximate surface area is 276 Å². The van der Waals surface area contributed by atoms with Crippen LogP contribution in [0, 0.1) is 0 Å². The lowest BCUT2D eigenvalue weighted by Gasteiger charge is -2.29. The summed E-state index contributed by atoms with van der Waals surface area (Å²) in [7, 11) is -3.84. The molecule has 1 saturated heterocycles. The number of aromatic nitrogens is 1. The molecule has 8 N–H and O–H groups in total. The van der Waals surface area contributed by atoms with Gasteiger partial charge in [0.25, 0.3) is 5.91 Å². The molecule has 1 fully saturated rings. The maximum Gasteiger partial charge on any atom is 0.266 e. The molecule has 48 heavy (non-hydrogen) atoms. The fourth-order valence-corrected chi connectivity index (χ4v) is 5.71. The maximum absolute atomic E-state index is 14.0. The van der Waals surface area contributed by atoms with Crippen molar-refractivity contribution in [3.8, 4) is 0 Å². The van der Waals surface area contributed by atoms with Gasteiger partial charge in [-0.25, -0.2) is 13.6 Å². The number of oxime groups is 1. The molecule has 0 unspecified atom stereocenters. The van der Waals surface area contributed by atoms with Gasteiger partial charge in [0.15, 0.2) is 0 Å². The van der Waals surface area contributed by atoms with Crippen LogP contribution in [-0.2, 0) is 51.9 Å². The van der Waals surface area contributed by atoms with Crippen molar-refractivity contribution < 1.29 is 37.2 Å². The number of benzene rings is 2. The molecule has 5 amide bonds. The Morgan fingerprint density at radius 3 is 2.44 bits per heavy atom. The SMILES string of the molecule is C[C@H](NC(=O)[C@H](C)NC(=O)[C@@H]1CCCN1C(=O)[C@H](Cc1c[nH]c2ccccc12)NC(=O)/C=N/OCc1ccc(S(N)(=O)=O)cc1)C(N)=O. The number of nitrogens with one attached hydrogen (secondary N) is 4. The minimum absolute atomic E-state index is 0.0624. The van der Waals surface area contributed by atoms with E-state index < -0.39 is 63.7 Å². The fourth-order valence-electron chi connectivity index (χ4n) is 5.19. The second-order valence-corrected chi connectivity index (χ2v) is 12.9. The summed E-state index contributed by atoms with van der Waals surface area (Å²) >= 11 is 0. The first-order valence-electron chi connectivity index (χ1n) is 15.1. The monoisotopic (exact) mass is 682 g/mol. The minimum Gasteiger partial charge on any atom is -0.391 e. The van der Waals surface area contributed by atoms with E-state index in [1.165, 1.54) is 43.0 Å². The summed E-state index contributed by atoms with van der Waals surface area (Å²) in [6.07, 6.45) is 3.57. The molecule has 2 aromatic carbocycles. The molecule has 17 heteroatoms. The number of H-pyrrole nitrogens is 1. The molecule has 0 saturated carbocycles. The molecule has 4 atom stereocenters. The molecule has 2 heterocycles. The van der Waals surface area contributed by atoms with Gasteiger partial charge in [-0.05, 0) is 56.0 Å². The highest BCUT2D eigenvalue weighted by Gasteiger charge is 2.38. The third kappa shape index (κ3) is 9.16. The van der Waals surface area contributed by atoms with Crippen molar-refractivity contribution in [1.29, 1.82) is 0 Å². The van der Waals surface area contributed by atoms with Gasteiger partial charge in [-0.3, -0.25) is 24.0 Å². The topological polar surface area (TPSA) is 248 Å². The maximum atomic E-state index is 14.0. The molecule has 3 aromatic rings. The number of fused-ring (bicyclic) bond motifs is 1. The number of hydrogen-bond acceptors (Lipinski definition) is 9. The van der Waals surface area contributed by atoms with Gasteiger partial charge >= 0.3 is 0 Å². The lowest BCUT2D eigenvalue weighted by molar-refractivity contribution is -0.141. The van der Waals surface area contributed by atoms with E-state index in [4.69, 9.17) is 15.7 Å². The number of carbonyl (C=O) groups excluding carboxylic acids is 5. The van der Waals surface area contributed by atoms with Crippen LogP contribution in [0.2, 0.25) is 0 Å². The Hall–Kier alpha value is -5.29. The Bertz CT molecular complexity index is 1810. The molecule has 1 aliphatic rings. The molecule has 4 rings (SSSR count). The second-order valence-electron chi connectivity index (χ2n) is 11.4. The highest BCUT2D eigenvalue weighted by atomic mass is 32.2. The highest BCUT2D eigenvalue weighted by molar-refractivity contribution is 7.89. The van der Waals surface area contributed by atoms with Crippen LogP contribution in [0.3, 0.4) is 0 Å². The number of primary sulfonamides is 1. The standard InChI is InChI=1S/C31H38N8O8S/c1-18(28(32)41)36-29(42)19(2)37-30(43)26-8-5-13-39(26)31(44)25(14-21-15-34-24-7-4-3-6-23(21)24)38-27(40)16-35-47-17-20-9-11-22(12-10-20)48(33,45)46/h3-4,6-7,9-12,15-16,18-19,25-26,34H,5,8,13-14,17H2,1-2H3,(H2,32,41)(H,36,42)(H,37,43)(H,38,40)(H2,33,45,46)/b35-16+/t18-,19-,25-,26-/m0/s1. The van der Waals surface area contributed by atoms with E-state index in [-0.39, 0.29) is 24.5 Å². The molecule has 0 bridgehead atoms. The van der Waals surface area contributed by atoms with E-state index in [1.54, 1.807) is 6.20 Å². The van der Waals surface area contributed by atoms with Crippen molar-refractivity contribution >= 4 is 56.7 Å². The normalized spacial score (nSPS) is 16.6. The number of nitrogens with two attached hydrogens (primary N) is 2. The van der Waals surface area contributed by atoms with Gasteiger partial charge in [-0.1, -0.05) is 35.5 Å². The third-order valence-corrected chi connectivity index (χ3v) is 8.75. The van der Waals surface area contributed by atoms with Gasteiger partial charge in [0, 0.05) is 30.1 Å². The minimum atomic E-state index is -3.84. The van der Waals surface area contributed by atoms with E-state index in [2.05, 4.69) is 26.1 Å². The average Bonchev–Trinajstić information content (AvgIpc) is 3.70. The van der Waals surface area contributed by atoms with Crippen LogP contribution in [0.15, 0.2) is 64.8 Å². The molecule has 1 aromatic heterocycles. The number of primary amides is 1. The van der Waals surface area contributed by atoms with E-state index >= 15 is 0 Å². The first-order chi connectivity index (χ1) is 22.7. The molecule has 0 aliphatic carbocycles. The predicted octanol–water partition coefficient (Wildman–Crippen LogP) is -0.469. The van der Waals surface area contributed by atoms with E-state index in [0.717, 1.165) is 22.7 Å². The summed E-state index contributed by atoms with van der Waals surface area (Å²) in [6.45, 7) is 3.04. The smallest absolute Gasteiger partial charge is 0.266 e. The van der Waals surface area contributed by atoms with Gasteiger partial charge in [0.1, 0.15) is 37.0 Å². The van der Waals surface area contributed by atoms with Crippen LogP contribution in [0.25, 0.3) is 10.9 Å². The number of likely N-dealkylation sites (tertiary alicyclic amines) is 1. The zero-order valence-corrected chi connectivity index (χ0v) is 27.2. The van der Waals surface area contributed by atoms with Gasteiger partial charge in [0.05, 0.1) is 4.90 Å². The summed E-state index contributed by atoms with van der Waals surface area (Å²) in [4.78, 5) is 73.6.